The van der Waals surface area contributed by atoms with E-state index >= 15 is 0 Å². The maximum Gasteiger partial charge on any atom is 0.322 e. The Morgan fingerprint density at radius 3 is 2.52 bits per heavy atom. The van der Waals surface area contributed by atoms with E-state index in [1.807, 2.05) is 24.3 Å². The minimum atomic E-state index is -1.13. The van der Waals surface area contributed by atoms with Crippen molar-refractivity contribution in [1.29, 1.82) is 0 Å². The molecule has 7 nitrogen and oxygen atoms in total. The van der Waals surface area contributed by atoms with Crippen LogP contribution in [0.4, 0.5) is 0 Å². The van der Waals surface area contributed by atoms with Gasteiger partial charge < -0.3 is 20.7 Å². The zero-order chi connectivity index (χ0) is 18.0. The van der Waals surface area contributed by atoms with Gasteiger partial charge in [0, 0.05) is 16.6 Å². The van der Waals surface area contributed by atoms with Crippen molar-refractivity contribution in [3.8, 4) is 5.69 Å². The summed E-state index contributed by atoms with van der Waals surface area (Å²) in [5, 5.41) is 11.8. The first-order chi connectivity index (χ1) is 12.0. The number of amides is 2. The van der Waals surface area contributed by atoms with Crippen LogP contribution in [0.5, 0.6) is 0 Å². The third kappa shape index (κ3) is 3.20. The predicted molar refractivity (Wildman–Crippen MR) is 91.8 cm³/mol. The normalized spacial score (nSPS) is 10.6. The number of hydrogen-bond donors (Lipinski definition) is 3. The van der Waals surface area contributed by atoms with Gasteiger partial charge in [-0.2, -0.15) is 0 Å². The van der Waals surface area contributed by atoms with E-state index in [-0.39, 0.29) is 5.56 Å². The monoisotopic (exact) mass is 337 g/mol. The number of nitrogens with two attached hydrogens (primary N) is 1. The van der Waals surface area contributed by atoms with E-state index in [9.17, 15) is 14.4 Å². The molecule has 0 aliphatic rings. The van der Waals surface area contributed by atoms with E-state index in [4.69, 9.17) is 10.8 Å². The van der Waals surface area contributed by atoms with Gasteiger partial charge in [-0.15, -0.1) is 0 Å². The number of rotatable bonds is 5. The number of aromatic nitrogens is 1. The van der Waals surface area contributed by atoms with Crippen LogP contribution in [0, 0.1) is 0 Å². The van der Waals surface area contributed by atoms with Crippen LogP contribution in [-0.4, -0.2) is 34.0 Å². The first-order valence-electron chi connectivity index (χ1n) is 7.48. The van der Waals surface area contributed by atoms with Crippen molar-refractivity contribution in [3.63, 3.8) is 0 Å². The number of primary amides is 1. The van der Waals surface area contributed by atoms with Crippen LogP contribution in [-0.2, 0) is 4.79 Å². The van der Waals surface area contributed by atoms with Crippen molar-refractivity contribution in [2.45, 2.75) is 0 Å². The zero-order valence-corrected chi connectivity index (χ0v) is 13.1. The number of carboxylic acids is 1. The molecule has 126 valence electrons. The molecule has 0 fully saturated rings. The number of hydrogen-bond acceptors (Lipinski definition) is 3. The number of benzene rings is 2. The minimum absolute atomic E-state index is 0.284. The zero-order valence-electron chi connectivity index (χ0n) is 13.1. The molecule has 3 aromatic rings. The van der Waals surface area contributed by atoms with Crippen LogP contribution in [0.2, 0.25) is 0 Å². The topological polar surface area (TPSA) is 114 Å². The third-order valence-electron chi connectivity index (χ3n) is 3.73. The van der Waals surface area contributed by atoms with E-state index in [0.29, 0.717) is 11.4 Å². The highest BCUT2D eigenvalue weighted by Crippen LogP contribution is 2.24. The lowest BCUT2D eigenvalue weighted by molar-refractivity contribution is -0.135. The summed E-state index contributed by atoms with van der Waals surface area (Å²) in [4.78, 5) is 34.5. The Balaban J connectivity index is 2.08. The molecule has 1 heterocycles. The fourth-order valence-corrected chi connectivity index (χ4v) is 2.66. The number of carbonyl (C=O) groups excluding carboxylic acids is 2. The highest BCUT2D eigenvalue weighted by molar-refractivity contribution is 6.00. The van der Waals surface area contributed by atoms with Crippen molar-refractivity contribution in [1.82, 2.24) is 9.88 Å². The van der Waals surface area contributed by atoms with Gasteiger partial charge in [-0.25, -0.2) is 0 Å². The summed E-state index contributed by atoms with van der Waals surface area (Å²) in [6, 6.07) is 15.6. The summed E-state index contributed by atoms with van der Waals surface area (Å²) in [7, 11) is 0. The quantitative estimate of drug-likeness (QED) is 0.655. The first kappa shape index (κ1) is 16.3. The predicted octanol–water partition coefficient (Wildman–Crippen LogP) is 1.54. The number of nitrogens with zero attached hydrogens (tertiary/aromatic N) is 1. The van der Waals surface area contributed by atoms with E-state index < -0.39 is 24.3 Å². The van der Waals surface area contributed by atoms with Crippen molar-refractivity contribution >= 4 is 28.7 Å². The van der Waals surface area contributed by atoms with Gasteiger partial charge in [0.1, 0.15) is 12.2 Å². The highest BCUT2D eigenvalue weighted by atomic mass is 16.4. The Labute approximate surface area is 142 Å². The number of para-hydroxylation sites is 1. The second-order valence-electron chi connectivity index (χ2n) is 5.41. The van der Waals surface area contributed by atoms with Crippen molar-refractivity contribution in [3.05, 3.63) is 65.9 Å². The van der Waals surface area contributed by atoms with Crippen LogP contribution in [0.25, 0.3) is 16.6 Å². The molecule has 2 amide bonds. The molecule has 1 aromatic heterocycles. The summed E-state index contributed by atoms with van der Waals surface area (Å²) in [5.41, 5.74) is 7.43. The van der Waals surface area contributed by atoms with Crippen LogP contribution in [0.15, 0.2) is 54.6 Å². The summed E-state index contributed by atoms with van der Waals surface area (Å²) < 4.78 is 1.67. The van der Waals surface area contributed by atoms with Gasteiger partial charge in [0.15, 0.2) is 0 Å². The molecule has 3 rings (SSSR count). The van der Waals surface area contributed by atoms with Crippen LogP contribution in [0.1, 0.15) is 20.8 Å². The molecule has 7 heteroatoms. The molecule has 0 saturated heterocycles. The molecule has 4 N–H and O–H groups in total. The molecule has 0 radical (unpaired) electrons. The number of carboxylic acid groups (broad SMARTS) is 1. The Morgan fingerprint density at radius 1 is 1.04 bits per heavy atom. The second kappa shape index (κ2) is 6.48. The molecule has 0 aliphatic heterocycles. The van der Waals surface area contributed by atoms with E-state index in [0.717, 1.165) is 10.9 Å². The molecule has 0 spiro atoms. The van der Waals surface area contributed by atoms with E-state index in [1.165, 1.54) is 0 Å². The summed E-state index contributed by atoms with van der Waals surface area (Å²) in [6.07, 6.45) is 0. The maximum atomic E-state index is 12.1. The fraction of sp³-hybridized carbons (Fsp3) is 0.0556. The lowest BCUT2D eigenvalue weighted by atomic mass is 10.1. The Kier molecular flexibility index (Phi) is 4.21. The molecule has 0 bridgehead atoms. The van der Waals surface area contributed by atoms with Gasteiger partial charge in [-0.1, -0.05) is 24.3 Å². The molecular formula is C18H15N3O4. The molecule has 0 atom stereocenters. The lowest BCUT2D eigenvalue weighted by Crippen LogP contribution is -2.29. The minimum Gasteiger partial charge on any atom is -0.480 e. The van der Waals surface area contributed by atoms with E-state index in [2.05, 4.69) is 5.32 Å². The van der Waals surface area contributed by atoms with Crippen molar-refractivity contribution < 1.29 is 19.5 Å². The van der Waals surface area contributed by atoms with Gasteiger partial charge in [-0.3, -0.25) is 14.4 Å². The van der Waals surface area contributed by atoms with Gasteiger partial charge in [-0.05, 0) is 30.3 Å². The van der Waals surface area contributed by atoms with Crippen molar-refractivity contribution in [2.75, 3.05) is 6.54 Å². The van der Waals surface area contributed by atoms with Crippen LogP contribution in [0.3, 0.4) is 0 Å². The largest absolute Gasteiger partial charge is 0.480 e. The Morgan fingerprint density at radius 2 is 1.80 bits per heavy atom. The maximum absolute atomic E-state index is 12.1. The Bertz CT molecular complexity index is 991. The van der Waals surface area contributed by atoms with Gasteiger partial charge in [0.25, 0.3) is 11.8 Å². The molecule has 0 saturated carbocycles. The highest BCUT2D eigenvalue weighted by Gasteiger charge is 2.16. The molecule has 0 aliphatic carbocycles. The second-order valence-corrected chi connectivity index (χ2v) is 5.41. The smallest absolute Gasteiger partial charge is 0.322 e. The summed E-state index contributed by atoms with van der Waals surface area (Å²) >= 11 is 0. The lowest BCUT2D eigenvalue weighted by Gasteiger charge is -2.11. The molecule has 25 heavy (non-hydrogen) atoms. The average molecular weight is 337 g/mol. The van der Waals surface area contributed by atoms with Gasteiger partial charge in [0.05, 0.1) is 5.52 Å². The van der Waals surface area contributed by atoms with E-state index in [1.54, 1.807) is 34.9 Å². The summed E-state index contributed by atoms with van der Waals surface area (Å²) in [6.45, 7) is -0.470. The summed E-state index contributed by atoms with van der Waals surface area (Å²) in [5.74, 6) is -2.23. The molecule has 0 unspecified atom stereocenters. The number of nitrogens with one attached hydrogen (secondary N) is 1. The number of carbonyl (C=O) groups is 3. The van der Waals surface area contributed by atoms with Gasteiger partial charge in [0.2, 0.25) is 0 Å². The van der Waals surface area contributed by atoms with Crippen LogP contribution < -0.4 is 11.1 Å². The standard InChI is InChI=1S/C18H15N3O4/c19-17(24)15-9-11-4-1-2-7-14(11)21(15)13-6-3-5-12(8-13)18(25)20-10-16(22)23/h1-9H,10H2,(H2,19,24)(H,20,25)(H,22,23). The van der Waals surface area contributed by atoms with Crippen LogP contribution >= 0.6 is 0 Å². The first-order valence-corrected chi connectivity index (χ1v) is 7.48. The number of aliphatic carboxylic acids is 1. The average Bonchev–Trinajstić information content (AvgIpc) is 2.99. The van der Waals surface area contributed by atoms with Gasteiger partial charge >= 0.3 is 5.97 Å². The SMILES string of the molecule is NC(=O)c1cc2ccccc2n1-c1cccc(C(=O)NCC(=O)O)c1. The molecular weight excluding hydrogens is 322 g/mol. The fourth-order valence-electron chi connectivity index (χ4n) is 2.66. The third-order valence-corrected chi connectivity index (χ3v) is 3.73. The Hall–Kier alpha value is -3.61. The number of fused-ring (bicyclic) bond motifs is 1. The van der Waals surface area contributed by atoms with Crippen molar-refractivity contribution in [2.24, 2.45) is 5.73 Å². The molecule has 2 aromatic carbocycles.